The van der Waals surface area contributed by atoms with E-state index in [4.69, 9.17) is 0 Å². The lowest BCUT2D eigenvalue weighted by molar-refractivity contribution is -0.141. The van der Waals surface area contributed by atoms with Crippen molar-refractivity contribution < 1.29 is 18.0 Å². The monoisotopic (exact) mass is 443 g/mol. The van der Waals surface area contributed by atoms with Gasteiger partial charge in [0.25, 0.3) is 0 Å². The number of halogens is 5. The number of aromatic nitrogens is 2. The maximum absolute atomic E-state index is 12.8. The lowest BCUT2D eigenvalue weighted by atomic mass is 9.77. The van der Waals surface area contributed by atoms with Gasteiger partial charge in [-0.25, -0.2) is 9.97 Å². The van der Waals surface area contributed by atoms with Crippen LogP contribution in [0.3, 0.4) is 0 Å². The molecule has 3 rings (SSSR count). The molecule has 0 aliphatic carbocycles. The molecule has 0 aromatic carbocycles. The van der Waals surface area contributed by atoms with Crippen LogP contribution in [0.5, 0.6) is 0 Å². The van der Waals surface area contributed by atoms with Gasteiger partial charge in [-0.05, 0) is 50.8 Å². The Morgan fingerprint density at radius 2 is 1.96 bits per heavy atom. The predicted octanol–water partition coefficient (Wildman–Crippen LogP) is 2.04. The van der Waals surface area contributed by atoms with Crippen molar-refractivity contribution in [2.45, 2.75) is 44.8 Å². The average molecular weight is 444 g/mol. The molecule has 2 aliphatic heterocycles. The highest BCUT2D eigenvalue weighted by molar-refractivity contribution is 5.85. The zero-order valence-corrected chi connectivity index (χ0v) is 17.2. The van der Waals surface area contributed by atoms with Crippen LogP contribution >= 0.6 is 24.8 Å². The molecule has 11 heteroatoms. The summed E-state index contributed by atoms with van der Waals surface area (Å²) in [5.41, 5.74) is -0.496. The summed E-state index contributed by atoms with van der Waals surface area (Å²) in [4.78, 5) is 19.9. The molecule has 2 saturated heterocycles. The SMILES string of the molecule is Cc1cc(C(F)(F)F)nc(CCNC(=O)C2CC3(CCNCC3)CN2)n1.Cl.Cl. The Labute approximate surface area is 174 Å². The van der Waals surface area contributed by atoms with E-state index < -0.39 is 11.9 Å². The second kappa shape index (κ2) is 10.0. The zero-order valence-electron chi connectivity index (χ0n) is 15.6. The fraction of sp³-hybridized carbons (Fsp3) is 0.706. The fourth-order valence-corrected chi connectivity index (χ4v) is 3.75. The van der Waals surface area contributed by atoms with E-state index in [0.29, 0.717) is 0 Å². The van der Waals surface area contributed by atoms with Crippen molar-refractivity contribution in [1.82, 2.24) is 25.9 Å². The molecule has 1 atom stereocenters. The van der Waals surface area contributed by atoms with Crippen LogP contribution in [0.1, 0.15) is 36.5 Å². The van der Waals surface area contributed by atoms with E-state index in [9.17, 15) is 18.0 Å². The molecular weight excluding hydrogens is 418 g/mol. The molecule has 28 heavy (non-hydrogen) atoms. The standard InChI is InChI=1S/C17H24F3N5O.2ClH/c1-11-8-13(17(18,19)20)25-14(24-11)2-5-22-15(26)12-9-16(10-23-12)3-6-21-7-4-16;;/h8,12,21,23H,2-7,9-10H2,1H3,(H,22,26);2*1H. The second-order valence-corrected chi connectivity index (χ2v) is 7.24. The minimum absolute atomic E-state index is 0. The average Bonchev–Trinajstić information content (AvgIpc) is 2.98. The number of nitrogens with zero attached hydrogens (tertiary/aromatic N) is 2. The van der Waals surface area contributed by atoms with E-state index in [0.717, 1.165) is 45.0 Å². The van der Waals surface area contributed by atoms with Crippen molar-refractivity contribution in [2.24, 2.45) is 5.41 Å². The van der Waals surface area contributed by atoms with Crippen molar-refractivity contribution in [3.05, 3.63) is 23.3 Å². The van der Waals surface area contributed by atoms with Crippen LogP contribution in [0.25, 0.3) is 0 Å². The Morgan fingerprint density at radius 3 is 2.61 bits per heavy atom. The molecule has 3 N–H and O–H groups in total. The van der Waals surface area contributed by atoms with Crippen LogP contribution in [0.4, 0.5) is 13.2 Å². The number of aryl methyl sites for hydroxylation is 1. The summed E-state index contributed by atoms with van der Waals surface area (Å²) in [5.74, 6) is -0.0177. The molecule has 1 aromatic heterocycles. The molecule has 1 amide bonds. The highest BCUT2D eigenvalue weighted by Gasteiger charge is 2.42. The van der Waals surface area contributed by atoms with E-state index in [1.54, 1.807) is 0 Å². The van der Waals surface area contributed by atoms with E-state index in [1.165, 1.54) is 6.92 Å². The summed E-state index contributed by atoms with van der Waals surface area (Å²) in [5, 5.41) is 9.41. The van der Waals surface area contributed by atoms with Crippen LogP contribution in [0.2, 0.25) is 0 Å². The van der Waals surface area contributed by atoms with Gasteiger partial charge in [0.1, 0.15) is 11.5 Å². The third-order valence-corrected chi connectivity index (χ3v) is 5.18. The van der Waals surface area contributed by atoms with Crippen LogP contribution in [0, 0.1) is 12.3 Å². The van der Waals surface area contributed by atoms with Crippen LogP contribution < -0.4 is 16.0 Å². The molecule has 0 saturated carbocycles. The van der Waals surface area contributed by atoms with Gasteiger partial charge >= 0.3 is 6.18 Å². The highest BCUT2D eigenvalue weighted by atomic mass is 35.5. The number of carbonyl (C=O) groups excluding carboxylic acids is 1. The van der Waals surface area contributed by atoms with Gasteiger partial charge in [0.15, 0.2) is 0 Å². The Morgan fingerprint density at radius 1 is 1.29 bits per heavy atom. The number of nitrogens with one attached hydrogen (secondary N) is 3. The number of amides is 1. The van der Waals surface area contributed by atoms with E-state index in [-0.39, 0.29) is 66.7 Å². The quantitative estimate of drug-likeness (QED) is 0.663. The smallest absolute Gasteiger partial charge is 0.354 e. The second-order valence-electron chi connectivity index (χ2n) is 7.24. The molecule has 160 valence electrons. The van der Waals surface area contributed by atoms with Crippen molar-refractivity contribution in [2.75, 3.05) is 26.2 Å². The molecule has 1 spiro atoms. The van der Waals surface area contributed by atoms with Gasteiger partial charge in [0.05, 0.1) is 6.04 Å². The van der Waals surface area contributed by atoms with Crippen molar-refractivity contribution in [3.63, 3.8) is 0 Å². The summed E-state index contributed by atoms with van der Waals surface area (Å²) >= 11 is 0. The predicted molar refractivity (Wildman–Crippen MR) is 104 cm³/mol. The first-order valence-corrected chi connectivity index (χ1v) is 8.91. The van der Waals surface area contributed by atoms with E-state index in [2.05, 4.69) is 25.9 Å². The maximum atomic E-state index is 12.8. The topological polar surface area (TPSA) is 78.9 Å². The van der Waals surface area contributed by atoms with Crippen molar-refractivity contribution in [1.29, 1.82) is 0 Å². The Kier molecular flexibility index (Phi) is 8.92. The van der Waals surface area contributed by atoms with Crippen LogP contribution in [0.15, 0.2) is 6.07 Å². The molecule has 6 nitrogen and oxygen atoms in total. The van der Waals surface area contributed by atoms with Crippen molar-refractivity contribution in [3.8, 4) is 0 Å². The number of piperidine rings is 1. The van der Waals surface area contributed by atoms with Gasteiger partial charge in [0.2, 0.25) is 5.91 Å². The number of hydrogen-bond acceptors (Lipinski definition) is 5. The summed E-state index contributed by atoms with van der Waals surface area (Å²) in [6.07, 6.45) is -1.41. The third-order valence-electron chi connectivity index (χ3n) is 5.18. The molecule has 3 heterocycles. The molecule has 0 radical (unpaired) electrons. The normalized spacial score (nSPS) is 20.9. The van der Waals surface area contributed by atoms with Gasteiger partial charge in [-0.2, -0.15) is 13.2 Å². The van der Waals surface area contributed by atoms with E-state index in [1.807, 2.05) is 0 Å². The van der Waals surface area contributed by atoms with Crippen LogP contribution in [-0.2, 0) is 17.4 Å². The number of carbonyl (C=O) groups is 1. The Hall–Kier alpha value is -1.16. The molecule has 1 aromatic rings. The zero-order chi connectivity index (χ0) is 18.8. The maximum Gasteiger partial charge on any atom is 0.433 e. The molecule has 0 bridgehead atoms. The lowest BCUT2D eigenvalue weighted by Crippen LogP contribution is -2.41. The van der Waals surface area contributed by atoms with Gasteiger partial charge in [-0.15, -0.1) is 24.8 Å². The fourth-order valence-electron chi connectivity index (χ4n) is 3.75. The van der Waals surface area contributed by atoms with Gasteiger partial charge < -0.3 is 16.0 Å². The number of hydrogen-bond donors (Lipinski definition) is 3. The first kappa shape index (κ1) is 24.9. The van der Waals surface area contributed by atoms with Gasteiger partial charge in [-0.3, -0.25) is 4.79 Å². The molecular formula is C17H26Cl2F3N5O. The highest BCUT2D eigenvalue weighted by Crippen LogP contribution is 2.37. The van der Waals surface area contributed by atoms with Crippen molar-refractivity contribution >= 4 is 30.7 Å². The first-order chi connectivity index (χ1) is 12.3. The lowest BCUT2D eigenvalue weighted by Gasteiger charge is -2.33. The summed E-state index contributed by atoms with van der Waals surface area (Å²) in [6, 6.07) is 0.681. The Balaban J connectivity index is 0.00000196. The summed E-state index contributed by atoms with van der Waals surface area (Å²) in [7, 11) is 0. The van der Waals surface area contributed by atoms with Gasteiger partial charge in [0, 0.05) is 25.2 Å². The summed E-state index contributed by atoms with van der Waals surface area (Å²) in [6.45, 7) is 4.50. The van der Waals surface area contributed by atoms with Gasteiger partial charge in [-0.1, -0.05) is 0 Å². The minimum Gasteiger partial charge on any atom is -0.354 e. The van der Waals surface area contributed by atoms with Crippen LogP contribution in [-0.4, -0.2) is 48.1 Å². The molecule has 2 aliphatic rings. The Bertz CT molecular complexity index is 669. The number of alkyl halides is 3. The van der Waals surface area contributed by atoms with E-state index >= 15 is 0 Å². The molecule has 2 fully saturated rings. The first-order valence-electron chi connectivity index (χ1n) is 8.91. The summed E-state index contributed by atoms with van der Waals surface area (Å²) < 4.78 is 38.4. The minimum atomic E-state index is -4.50. The number of rotatable bonds is 4. The molecule has 1 unspecified atom stereocenters. The third kappa shape index (κ3) is 6.17. The largest absolute Gasteiger partial charge is 0.433 e.